The maximum Gasteiger partial charge on any atom is 0.258 e. The minimum absolute atomic E-state index is 0.0117. The van der Waals surface area contributed by atoms with Crippen LogP contribution in [0.25, 0.3) is 5.65 Å². The van der Waals surface area contributed by atoms with E-state index >= 15 is 0 Å². The Morgan fingerprint density at radius 3 is 2.90 bits per heavy atom. The van der Waals surface area contributed by atoms with Crippen LogP contribution in [0.4, 0.5) is 4.39 Å². The summed E-state index contributed by atoms with van der Waals surface area (Å²) in [6.07, 6.45) is -0.123. The zero-order chi connectivity index (χ0) is 15.1. The molecule has 2 N–H and O–H groups in total. The lowest BCUT2D eigenvalue weighted by molar-refractivity contribution is 0.427. The normalized spacial score (nSPS) is 11.2. The second kappa shape index (κ2) is 4.89. The zero-order valence-electron chi connectivity index (χ0n) is 11.0. The fraction of sp³-hybridized carbons (Fsp3) is 0.143. The molecular weight excluding hydrogens is 297 g/mol. The molecule has 7 heteroatoms. The van der Waals surface area contributed by atoms with Crippen LogP contribution in [0, 0.1) is 12.7 Å². The van der Waals surface area contributed by atoms with Crippen molar-refractivity contribution in [1.29, 1.82) is 0 Å². The van der Waals surface area contributed by atoms with E-state index in [1.165, 1.54) is 22.7 Å². The van der Waals surface area contributed by atoms with Crippen molar-refractivity contribution in [2.24, 2.45) is 0 Å². The lowest BCUT2D eigenvalue weighted by Crippen LogP contribution is -2.16. The number of aryl methyl sites for hydroxylation is 1. The molecule has 0 atom stereocenters. The molecule has 0 aliphatic rings. The van der Waals surface area contributed by atoms with Crippen LogP contribution in [-0.4, -0.2) is 19.7 Å². The molecule has 0 bridgehead atoms. The molecule has 0 saturated heterocycles. The molecule has 0 spiro atoms. The summed E-state index contributed by atoms with van der Waals surface area (Å²) in [6, 6.07) is 5.89. The maximum absolute atomic E-state index is 13.8. The number of aromatic nitrogens is 3. The molecule has 0 fully saturated rings. The third-order valence-electron chi connectivity index (χ3n) is 3.23. The Balaban J connectivity index is 2.19. The molecule has 21 heavy (non-hydrogen) atoms. The lowest BCUT2D eigenvalue weighted by Gasteiger charge is -2.08. The smallest absolute Gasteiger partial charge is 0.258 e. The highest BCUT2D eigenvalue weighted by atomic mass is 35.5. The number of rotatable bonds is 2. The first-order valence-corrected chi connectivity index (χ1v) is 6.58. The Labute approximate surface area is 123 Å². The van der Waals surface area contributed by atoms with E-state index in [4.69, 9.17) is 11.6 Å². The molecule has 1 aromatic carbocycles. The Hall–Kier alpha value is -2.34. The molecule has 0 saturated carbocycles. The molecule has 0 aliphatic heterocycles. The number of H-pyrrole nitrogens is 1. The second-order valence-electron chi connectivity index (χ2n) is 4.72. The van der Waals surface area contributed by atoms with Gasteiger partial charge in [-0.25, -0.2) is 4.39 Å². The summed E-state index contributed by atoms with van der Waals surface area (Å²) in [4.78, 5) is 14.7. The van der Waals surface area contributed by atoms with Crippen molar-refractivity contribution in [3.63, 3.8) is 0 Å². The molecule has 5 nitrogen and oxygen atoms in total. The molecule has 0 aliphatic carbocycles. The van der Waals surface area contributed by atoms with E-state index < -0.39 is 11.4 Å². The van der Waals surface area contributed by atoms with Crippen molar-refractivity contribution >= 4 is 17.2 Å². The molecule has 0 unspecified atom stereocenters. The quantitative estimate of drug-likeness (QED) is 0.764. The lowest BCUT2D eigenvalue weighted by atomic mass is 10.1. The zero-order valence-corrected chi connectivity index (χ0v) is 11.8. The maximum atomic E-state index is 13.8. The predicted octanol–water partition coefficient (Wildman–Crippen LogP) is 2.42. The van der Waals surface area contributed by atoms with Crippen molar-refractivity contribution in [2.45, 2.75) is 13.3 Å². The van der Waals surface area contributed by atoms with E-state index in [2.05, 4.69) is 10.1 Å². The molecular formula is C14H11ClFN3O2. The molecule has 3 aromatic rings. The fourth-order valence-electron chi connectivity index (χ4n) is 2.21. The minimum atomic E-state index is -0.530. The van der Waals surface area contributed by atoms with Gasteiger partial charge in [0.05, 0.1) is 11.3 Å². The van der Waals surface area contributed by atoms with Crippen molar-refractivity contribution in [1.82, 2.24) is 14.6 Å². The summed E-state index contributed by atoms with van der Waals surface area (Å²) in [5, 5.41) is 14.5. The summed E-state index contributed by atoms with van der Waals surface area (Å²) in [6.45, 7) is 1.73. The number of nitrogens with zero attached hydrogens (tertiary/aromatic N) is 2. The minimum Gasteiger partial charge on any atom is -0.493 e. The Morgan fingerprint density at radius 1 is 1.43 bits per heavy atom. The fourth-order valence-corrected chi connectivity index (χ4v) is 2.44. The number of hydrogen-bond acceptors (Lipinski definition) is 3. The average Bonchev–Trinajstić information content (AvgIpc) is 2.78. The monoisotopic (exact) mass is 307 g/mol. The third kappa shape index (κ3) is 2.27. The first-order valence-electron chi connectivity index (χ1n) is 6.20. The van der Waals surface area contributed by atoms with E-state index in [0.717, 1.165) is 0 Å². The highest BCUT2D eigenvalue weighted by molar-refractivity contribution is 6.31. The third-order valence-corrected chi connectivity index (χ3v) is 3.59. The van der Waals surface area contributed by atoms with Gasteiger partial charge in [0.2, 0.25) is 5.88 Å². The Morgan fingerprint density at radius 2 is 2.19 bits per heavy atom. The van der Waals surface area contributed by atoms with Gasteiger partial charge < -0.3 is 10.1 Å². The van der Waals surface area contributed by atoms with Crippen LogP contribution in [0.2, 0.25) is 5.02 Å². The number of aromatic hydroxyl groups is 1. The Kier molecular flexibility index (Phi) is 3.17. The van der Waals surface area contributed by atoms with Gasteiger partial charge in [-0.1, -0.05) is 17.7 Å². The van der Waals surface area contributed by atoms with Gasteiger partial charge in [0.15, 0.2) is 0 Å². The van der Waals surface area contributed by atoms with Gasteiger partial charge in [0.1, 0.15) is 11.5 Å². The van der Waals surface area contributed by atoms with Crippen LogP contribution in [0.15, 0.2) is 29.1 Å². The first kappa shape index (κ1) is 13.6. The van der Waals surface area contributed by atoms with Crippen LogP contribution < -0.4 is 5.56 Å². The van der Waals surface area contributed by atoms with Gasteiger partial charge in [-0.15, -0.1) is 0 Å². The topological polar surface area (TPSA) is 70.4 Å². The summed E-state index contributed by atoms with van der Waals surface area (Å²) >= 11 is 5.95. The highest BCUT2D eigenvalue weighted by Crippen LogP contribution is 2.24. The summed E-state index contributed by atoms with van der Waals surface area (Å²) < 4.78 is 15.0. The first-order chi connectivity index (χ1) is 9.97. The van der Waals surface area contributed by atoms with Crippen LogP contribution in [0.3, 0.4) is 0 Å². The molecule has 108 valence electrons. The van der Waals surface area contributed by atoms with E-state index in [9.17, 15) is 14.3 Å². The number of benzene rings is 1. The molecule has 0 radical (unpaired) electrons. The Bertz CT molecular complexity index is 881. The van der Waals surface area contributed by atoms with Crippen molar-refractivity contribution in [2.75, 3.05) is 0 Å². The average molecular weight is 308 g/mol. The van der Waals surface area contributed by atoms with Gasteiger partial charge in [0, 0.05) is 23.1 Å². The predicted molar refractivity (Wildman–Crippen MR) is 76.4 cm³/mol. The molecule has 0 amide bonds. The largest absolute Gasteiger partial charge is 0.493 e. The van der Waals surface area contributed by atoms with Crippen LogP contribution in [0.1, 0.15) is 16.8 Å². The van der Waals surface area contributed by atoms with E-state index in [-0.39, 0.29) is 28.5 Å². The molecule has 2 heterocycles. The number of nitrogens with one attached hydrogen (secondary N) is 1. The van der Waals surface area contributed by atoms with E-state index in [1.807, 2.05) is 0 Å². The van der Waals surface area contributed by atoms with Gasteiger partial charge in [-0.2, -0.15) is 9.61 Å². The number of halogens is 2. The molecule has 3 rings (SSSR count). The highest BCUT2D eigenvalue weighted by Gasteiger charge is 2.17. The van der Waals surface area contributed by atoms with Crippen molar-refractivity contribution in [3.05, 3.63) is 62.3 Å². The van der Waals surface area contributed by atoms with Gasteiger partial charge in [-0.05, 0) is 19.1 Å². The second-order valence-corrected chi connectivity index (χ2v) is 5.12. The van der Waals surface area contributed by atoms with Crippen LogP contribution >= 0.6 is 11.6 Å². The van der Waals surface area contributed by atoms with Crippen LogP contribution in [0.5, 0.6) is 5.88 Å². The summed E-state index contributed by atoms with van der Waals surface area (Å²) in [5.41, 5.74) is 0.681. The standard InChI is InChI=1S/C14H11ClFN3O2/c1-7-5-12-17-13(20)9(14(21)19(12)18-7)6-8-10(15)3-2-4-11(8)16/h2-5,21H,6H2,1H3,(H,17,20). The van der Waals surface area contributed by atoms with E-state index in [1.54, 1.807) is 13.0 Å². The number of fused-ring (bicyclic) bond motifs is 1. The van der Waals surface area contributed by atoms with Crippen molar-refractivity contribution < 1.29 is 9.50 Å². The number of aromatic amines is 1. The van der Waals surface area contributed by atoms with Gasteiger partial charge >= 0.3 is 0 Å². The summed E-state index contributed by atoms with van der Waals surface area (Å²) in [5.74, 6) is -0.848. The molecule has 2 aromatic heterocycles. The van der Waals surface area contributed by atoms with Gasteiger partial charge in [-0.3, -0.25) is 4.79 Å². The SMILES string of the molecule is Cc1cc2[nH]c(=O)c(Cc3c(F)cccc3Cl)c(O)n2n1. The van der Waals surface area contributed by atoms with E-state index in [0.29, 0.717) is 11.3 Å². The van der Waals surface area contributed by atoms with Crippen LogP contribution in [-0.2, 0) is 6.42 Å². The van der Waals surface area contributed by atoms with Crippen molar-refractivity contribution in [3.8, 4) is 5.88 Å². The van der Waals surface area contributed by atoms with Gasteiger partial charge in [0.25, 0.3) is 5.56 Å². The summed E-state index contributed by atoms with van der Waals surface area (Å²) in [7, 11) is 0. The number of hydrogen-bond donors (Lipinski definition) is 2.